The standard InChI is InChI=1S/C22H30N6O9/c23-12(9-16(24)29)19(33)26-13(6-7-18(31)32)20(34)27-14(10-17(25)30)21(35)28-15(22(36)37)8-11-4-2-1-3-5-11/h1-5,12-15H,6-10,23H2,(H2,24,29)(H2,25,30)(H,26,33)(H,27,34)(H,28,35)(H,31,32)(H,36,37). The highest BCUT2D eigenvalue weighted by atomic mass is 16.4. The predicted octanol–water partition coefficient (Wildman–Crippen LogP) is -3.29. The summed E-state index contributed by atoms with van der Waals surface area (Å²) < 4.78 is 0. The molecule has 0 heterocycles. The van der Waals surface area contributed by atoms with Crippen LogP contribution in [0.25, 0.3) is 0 Å². The van der Waals surface area contributed by atoms with E-state index in [2.05, 4.69) is 16.0 Å². The average molecular weight is 523 g/mol. The molecule has 202 valence electrons. The first-order valence-electron chi connectivity index (χ1n) is 11.0. The molecule has 0 saturated carbocycles. The number of amides is 5. The summed E-state index contributed by atoms with van der Waals surface area (Å²) in [5.74, 6) is -7.70. The SMILES string of the molecule is NC(=O)CC(N)C(=O)NC(CCC(=O)O)C(=O)NC(CC(N)=O)C(=O)NC(Cc1ccccc1)C(=O)O. The molecule has 1 aromatic carbocycles. The van der Waals surface area contributed by atoms with E-state index in [1.54, 1.807) is 30.3 Å². The molecule has 0 radical (unpaired) electrons. The molecule has 0 aromatic heterocycles. The molecule has 11 N–H and O–H groups in total. The topological polar surface area (TPSA) is 274 Å². The quantitative estimate of drug-likeness (QED) is 0.107. The Kier molecular flexibility index (Phi) is 12.2. The first-order chi connectivity index (χ1) is 17.3. The van der Waals surface area contributed by atoms with E-state index in [1.807, 2.05) is 0 Å². The molecule has 4 atom stereocenters. The van der Waals surface area contributed by atoms with Gasteiger partial charge in [-0.1, -0.05) is 30.3 Å². The zero-order valence-corrected chi connectivity index (χ0v) is 19.7. The van der Waals surface area contributed by atoms with Crippen LogP contribution in [0.3, 0.4) is 0 Å². The van der Waals surface area contributed by atoms with E-state index in [1.165, 1.54) is 0 Å². The van der Waals surface area contributed by atoms with Gasteiger partial charge in [0.15, 0.2) is 0 Å². The zero-order valence-electron chi connectivity index (χ0n) is 19.7. The number of nitrogens with two attached hydrogens (primary N) is 3. The summed E-state index contributed by atoms with van der Waals surface area (Å²) in [6.07, 6.45) is -2.39. The maximum Gasteiger partial charge on any atom is 0.326 e. The van der Waals surface area contributed by atoms with Crippen molar-refractivity contribution in [2.45, 2.75) is 56.3 Å². The molecular formula is C22H30N6O9. The molecule has 0 spiro atoms. The molecule has 0 aliphatic heterocycles. The van der Waals surface area contributed by atoms with Gasteiger partial charge in [-0.25, -0.2) is 4.79 Å². The Morgan fingerprint density at radius 1 is 0.730 bits per heavy atom. The molecule has 4 unspecified atom stereocenters. The molecular weight excluding hydrogens is 492 g/mol. The average Bonchev–Trinajstić information content (AvgIpc) is 2.80. The highest BCUT2D eigenvalue weighted by Crippen LogP contribution is 2.06. The third-order valence-electron chi connectivity index (χ3n) is 4.97. The highest BCUT2D eigenvalue weighted by Gasteiger charge is 2.31. The third-order valence-corrected chi connectivity index (χ3v) is 4.97. The second-order valence-electron chi connectivity index (χ2n) is 8.09. The van der Waals surface area contributed by atoms with Crippen LogP contribution in [0.15, 0.2) is 30.3 Å². The molecule has 15 nitrogen and oxygen atoms in total. The van der Waals surface area contributed by atoms with Crippen molar-refractivity contribution in [2.24, 2.45) is 17.2 Å². The van der Waals surface area contributed by atoms with Crippen molar-refractivity contribution in [1.29, 1.82) is 0 Å². The maximum atomic E-state index is 12.8. The van der Waals surface area contributed by atoms with Crippen molar-refractivity contribution in [2.75, 3.05) is 0 Å². The third kappa shape index (κ3) is 11.6. The van der Waals surface area contributed by atoms with E-state index in [4.69, 9.17) is 22.3 Å². The van der Waals surface area contributed by atoms with E-state index >= 15 is 0 Å². The predicted molar refractivity (Wildman–Crippen MR) is 126 cm³/mol. The fourth-order valence-electron chi connectivity index (χ4n) is 3.13. The molecule has 1 rings (SSSR count). The largest absolute Gasteiger partial charge is 0.481 e. The Bertz CT molecular complexity index is 1020. The van der Waals surface area contributed by atoms with Crippen molar-refractivity contribution in [3.63, 3.8) is 0 Å². The van der Waals surface area contributed by atoms with Crippen LogP contribution in [0.2, 0.25) is 0 Å². The minimum Gasteiger partial charge on any atom is -0.481 e. The van der Waals surface area contributed by atoms with Crippen LogP contribution < -0.4 is 33.2 Å². The number of hydrogen-bond donors (Lipinski definition) is 8. The number of primary amides is 2. The van der Waals surface area contributed by atoms with Crippen molar-refractivity contribution in [1.82, 2.24) is 16.0 Å². The number of carboxylic acid groups (broad SMARTS) is 2. The minimum absolute atomic E-state index is 0.103. The Hall–Kier alpha value is -4.53. The number of benzene rings is 1. The van der Waals surface area contributed by atoms with Gasteiger partial charge < -0.3 is 43.4 Å². The molecule has 0 aliphatic carbocycles. The van der Waals surface area contributed by atoms with Crippen LogP contribution in [-0.2, 0) is 40.0 Å². The lowest BCUT2D eigenvalue weighted by atomic mass is 10.0. The first kappa shape index (κ1) is 30.5. The number of carboxylic acids is 2. The normalized spacial score (nSPS) is 13.8. The fourth-order valence-corrected chi connectivity index (χ4v) is 3.13. The smallest absolute Gasteiger partial charge is 0.326 e. The van der Waals surface area contributed by atoms with Gasteiger partial charge in [0.25, 0.3) is 0 Å². The van der Waals surface area contributed by atoms with Gasteiger partial charge >= 0.3 is 11.9 Å². The summed E-state index contributed by atoms with van der Waals surface area (Å²) in [4.78, 5) is 83.1. The lowest BCUT2D eigenvalue weighted by molar-refractivity contribution is -0.142. The van der Waals surface area contributed by atoms with E-state index < -0.39 is 91.3 Å². The van der Waals surface area contributed by atoms with Gasteiger partial charge in [0.1, 0.15) is 18.1 Å². The van der Waals surface area contributed by atoms with Crippen molar-refractivity contribution < 1.29 is 43.8 Å². The summed E-state index contributed by atoms with van der Waals surface area (Å²) in [6, 6.07) is 2.31. The number of rotatable bonds is 16. The Labute approximate surface area is 211 Å². The van der Waals surface area contributed by atoms with Crippen molar-refractivity contribution in [3.8, 4) is 0 Å². The van der Waals surface area contributed by atoms with Gasteiger partial charge in [-0.2, -0.15) is 0 Å². The Balaban J connectivity index is 3.04. The number of carbonyl (C=O) groups is 7. The van der Waals surface area contributed by atoms with Gasteiger partial charge in [0.05, 0.1) is 18.9 Å². The molecule has 1 aromatic rings. The van der Waals surface area contributed by atoms with Crippen LogP contribution in [0, 0.1) is 0 Å². The Morgan fingerprint density at radius 3 is 1.76 bits per heavy atom. The molecule has 0 saturated heterocycles. The monoisotopic (exact) mass is 522 g/mol. The molecule has 37 heavy (non-hydrogen) atoms. The van der Waals surface area contributed by atoms with Crippen LogP contribution in [-0.4, -0.2) is 75.9 Å². The number of aliphatic carboxylic acids is 2. The molecule has 0 aliphatic rings. The van der Waals surface area contributed by atoms with Gasteiger partial charge in [0.2, 0.25) is 29.5 Å². The lowest BCUT2D eigenvalue weighted by Crippen LogP contribution is -2.58. The Morgan fingerprint density at radius 2 is 1.24 bits per heavy atom. The maximum absolute atomic E-state index is 12.8. The zero-order chi connectivity index (χ0) is 28.1. The van der Waals surface area contributed by atoms with E-state index in [9.17, 15) is 38.7 Å². The van der Waals surface area contributed by atoms with Crippen LogP contribution in [0.4, 0.5) is 0 Å². The fraction of sp³-hybridized carbons (Fsp3) is 0.409. The summed E-state index contributed by atoms with van der Waals surface area (Å²) in [7, 11) is 0. The van der Waals surface area contributed by atoms with Gasteiger partial charge in [0, 0.05) is 12.8 Å². The first-order valence-corrected chi connectivity index (χ1v) is 11.0. The van der Waals surface area contributed by atoms with Crippen molar-refractivity contribution >= 4 is 41.5 Å². The summed E-state index contributed by atoms with van der Waals surface area (Å²) in [5.41, 5.74) is 16.3. The second-order valence-corrected chi connectivity index (χ2v) is 8.09. The van der Waals surface area contributed by atoms with Crippen molar-refractivity contribution in [3.05, 3.63) is 35.9 Å². The summed E-state index contributed by atoms with van der Waals surface area (Å²) >= 11 is 0. The highest BCUT2D eigenvalue weighted by molar-refractivity contribution is 5.96. The van der Waals surface area contributed by atoms with E-state index in [0.29, 0.717) is 5.56 Å². The van der Waals surface area contributed by atoms with E-state index in [0.717, 1.165) is 0 Å². The lowest BCUT2D eigenvalue weighted by Gasteiger charge is -2.24. The summed E-state index contributed by atoms with van der Waals surface area (Å²) in [5, 5.41) is 25.1. The molecule has 0 fully saturated rings. The van der Waals surface area contributed by atoms with Crippen LogP contribution in [0.5, 0.6) is 0 Å². The minimum atomic E-state index is -1.65. The number of carbonyl (C=O) groups excluding carboxylic acids is 5. The molecule has 15 heteroatoms. The second kappa shape index (κ2) is 14.8. The molecule has 0 bridgehead atoms. The number of hydrogen-bond acceptors (Lipinski definition) is 8. The van der Waals surface area contributed by atoms with Gasteiger partial charge in [-0.3, -0.25) is 28.8 Å². The van der Waals surface area contributed by atoms with Gasteiger partial charge in [-0.05, 0) is 12.0 Å². The molecule has 5 amide bonds. The van der Waals surface area contributed by atoms with Crippen LogP contribution >= 0.6 is 0 Å². The van der Waals surface area contributed by atoms with Crippen LogP contribution in [0.1, 0.15) is 31.2 Å². The number of nitrogens with one attached hydrogen (secondary N) is 3. The van der Waals surface area contributed by atoms with Gasteiger partial charge in [-0.15, -0.1) is 0 Å². The summed E-state index contributed by atoms with van der Waals surface area (Å²) in [6.45, 7) is 0. The van der Waals surface area contributed by atoms with E-state index in [-0.39, 0.29) is 6.42 Å².